The van der Waals surface area contributed by atoms with Crippen LogP contribution >= 0.6 is 0 Å². The zero-order valence-corrected chi connectivity index (χ0v) is 14.2. The highest BCUT2D eigenvalue weighted by atomic mass is 32.2. The molecule has 0 bridgehead atoms. The first-order valence-corrected chi connectivity index (χ1v) is 8.97. The number of nitrogens with one attached hydrogen (secondary N) is 1. The molecule has 1 aromatic heterocycles. The molecule has 0 aliphatic heterocycles. The first kappa shape index (κ1) is 18.0. The summed E-state index contributed by atoms with van der Waals surface area (Å²) >= 11 is 0. The fourth-order valence-electron chi connectivity index (χ4n) is 2.32. The Kier molecular flexibility index (Phi) is 5.63. The third kappa shape index (κ3) is 4.84. The molecular formula is C16H19N3O4S. The highest BCUT2D eigenvalue weighted by molar-refractivity contribution is 7.88. The van der Waals surface area contributed by atoms with Crippen molar-refractivity contribution in [1.29, 1.82) is 0 Å². The number of hydrogen-bond acceptors (Lipinski definition) is 5. The van der Waals surface area contributed by atoms with Crippen molar-refractivity contribution in [3.63, 3.8) is 0 Å². The van der Waals surface area contributed by atoms with Crippen molar-refractivity contribution >= 4 is 16.0 Å². The van der Waals surface area contributed by atoms with Gasteiger partial charge in [0.2, 0.25) is 10.0 Å². The molecule has 128 valence electrons. The van der Waals surface area contributed by atoms with E-state index in [-0.39, 0.29) is 18.0 Å². The van der Waals surface area contributed by atoms with E-state index in [2.05, 4.69) is 14.7 Å². The van der Waals surface area contributed by atoms with Gasteiger partial charge in [0.25, 0.3) is 0 Å². The van der Waals surface area contributed by atoms with Gasteiger partial charge in [-0.15, -0.1) is 0 Å². The normalized spacial score (nSPS) is 12.8. The molecule has 0 fully saturated rings. The molecule has 0 saturated carbocycles. The number of aromatic nitrogens is 2. The van der Waals surface area contributed by atoms with E-state index in [1.54, 1.807) is 6.07 Å². The van der Waals surface area contributed by atoms with Crippen LogP contribution in [0.4, 0.5) is 0 Å². The second-order valence-electron chi connectivity index (χ2n) is 5.51. The number of hydrogen-bond donors (Lipinski definition) is 2. The molecule has 1 atom stereocenters. The van der Waals surface area contributed by atoms with Gasteiger partial charge in [0, 0.05) is 18.8 Å². The molecule has 0 spiro atoms. The Morgan fingerprint density at radius 1 is 1.17 bits per heavy atom. The number of aliphatic carboxylic acids is 1. The number of sulfonamides is 1. The maximum absolute atomic E-state index is 12.4. The second-order valence-corrected chi connectivity index (χ2v) is 7.26. The van der Waals surface area contributed by atoms with Crippen molar-refractivity contribution in [2.45, 2.75) is 32.1 Å². The Bertz CT molecular complexity index is 802. The van der Waals surface area contributed by atoms with Crippen LogP contribution in [0.3, 0.4) is 0 Å². The van der Waals surface area contributed by atoms with Crippen LogP contribution in [0.2, 0.25) is 0 Å². The summed E-state index contributed by atoms with van der Waals surface area (Å²) in [6.45, 7) is 3.65. The van der Waals surface area contributed by atoms with E-state index in [1.165, 1.54) is 12.4 Å². The third-order valence-electron chi connectivity index (χ3n) is 3.60. The van der Waals surface area contributed by atoms with Crippen LogP contribution in [0.5, 0.6) is 0 Å². The molecule has 1 unspecified atom stereocenters. The molecule has 1 aromatic carbocycles. The minimum atomic E-state index is -3.83. The lowest BCUT2D eigenvalue weighted by Gasteiger charge is -2.16. The second kappa shape index (κ2) is 7.50. The number of rotatable bonds is 7. The monoisotopic (exact) mass is 349 g/mol. The highest BCUT2D eigenvalue weighted by Gasteiger charge is 2.26. The molecule has 2 N–H and O–H groups in total. The van der Waals surface area contributed by atoms with Crippen molar-refractivity contribution in [2.24, 2.45) is 0 Å². The summed E-state index contributed by atoms with van der Waals surface area (Å²) in [6.07, 6.45) is 2.83. The number of carboxylic acid groups (broad SMARTS) is 1. The molecule has 24 heavy (non-hydrogen) atoms. The van der Waals surface area contributed by atoms with Crippen LogP contribution < -0.4 is 4.72 Å². The van der Waals surface area contributed by atoms with Gasteiger partial charge in [-0.1, -0.05) is 18.2 Å². The van der Waals surface area contributed by atoms with Crippen LogP contribution in [0.1, 0.15) is 22.5 Å². The van der Waals surface area contributed by atoms with Gasteiger partial charge >= 0.3 is 5.97 Å². The lowest BCUT2D eigenvalue weighted by Crippen LogP contribution is -2.43. The first-order chi connectivity index (χ1) is 11.3. The van der Waals surface area contributed by atoms with Crippen molar-refractivity contribution in [1.82, 2.24) is 14.7 Å². The molecule has 2 aromatic rings. The summed E-state index contributed by atoms with van der Waals surface area (Å²) in [7, 11) is -3.83. The lowest BCUT2D eigenvalue weighted by atomic mass is 10.1. The smallest absolute Gasteiger partial charge is 0.322 e. The van der Waals surface area contributed by atoms with Crippen LogP contribution in [-0.4, -0.2) is 35.5 Å². The van der Waals surface area contributed by atoms with Crippen LogP contribution in [0, 0.1) is 13.8 Å². The summed E-state index contributed by atoms with van der Waals surface area (Å²) in [5.74, 6) is -1.28. The van der Waals surface area contributed by atoms with Crippen molar-refractivity contribution in [2.75, 3.05) is 0 Å². The highest BCUT2D eigenvalue weighted by Crippen LogP contribution is 2.16. The molecule has 7 nitrogen and oxygen atoms in total. The van der Waals surface area contributed by atoms with E-state index in [1.807, 2.05) is 32.0 Å². The Labute approximate surface area is 140 Å². The summed E-state index contributed by atoms with van der Waals surface area (Å²) in [5.41, 5.74) is 2.36. The number of carbonyl (C=O) groups is 1. The van der Waals surface area contributed by atoms with E-state index in [0.29, 0.717) is 5.56 Å². The number of nitrogens with zero attached hydrogens (tertiary/aromatic N) is 2. The summed E-state index contributed by atoms with van der Waals surface area (Å²) < 4.78 is 27.0. The molecule has 1 heterocycles. The average molecular weight is 349 g/mol. The average Bonchev–Trinajstić information content (AvgIpc) is 2.51. The van der Waals surface area contributed by atoms with Crippen LogP contribution in [0.25, 0.3) is 0 Å². The Morgan fingerprint density at radius 3 is 2.29 bits per heavy atom. The minimum Gasteiger partial charge on any atom is -0.480 e. The van der Waals surface area contributed by atoms with Gasteiger partial charge in [0.05, 0.1) is 5.75 Å². The van der Waals surface area contributed by atoms with Crippen LogP contribution in [0.15, 0.2) is 36.7 Å². The maximum atomic E-state index is 12.4. The predicted molar refractivity (Wildman–Crippen MR) is 88.8 cm³/mol. The molecule has 8 heteroatoms. The quantitative estimate of drug-likeness (QED) is 0.777. The van der Waals surface area contributed by atoms with E-state index in [9.17, 15) is 18.3 Å². The third-order valence-corrected chi connectivity index (χ3v) is 4.92. The molecule has 0 saturated heterocycles. The first-order valence-electron chi connectivity index (χ1n) is 7.32. The summed E-state index contributed by atoms with van der Waals surface area (Å²) in [5, 5.41) is 9.29. The van der Waals surface area contributed by atoms with E-state index >= 15 is 0 Å². The Balaban J connectivity index is 2.17. The predicted octanol–water partition coefficient (Wildman–Crippen LogP) is 1.21. The van der Waals surface area contributed by atoms with Crippen molar-refractivity contribution in [3.05, 3.63) is 59.2 Å². The van der Waals surface area contributed by atoms with Crippen molar-refractivity contribution in [3.8, 4) is 0 Å². The fourth-order valence-corrected chi connectivity index (χ4v) is 3.86. The van der Waals surface area contributed by atoms with Crippen molar-refractivity contribution < 1.29 is 18.3 Å². The molecule has 0 aliphatic carbocycles. The minimum absolute atomic E-state index is 0.123. The molecule has 0 radical (unpaired) electrons. The standard InChI is InChI=1S/C16H19N3O4S/c1-11-5-3-6-12(2)13(11)10-24(22,23)19-14(16(20)21)9-15-17-7-4-8-18-15/h3-8,14,19H,9-10H2,1-2H3,(H,20,21). The van der Waals surface area contributed by atoms with Gasteiger partial charge in [-0.3, -0.25) is 4.79 Å². The Hall–Kier alpha value is -2.32. The molecule has 0 aliphatic rings. The molecular weight excluding hydrogens is 330 g/mol. The summed E-state index contributed by atoms with van der Waals surface area (Å²) in [4.78, 5) is 19.3. The lowest BCUT2D eigenvalue weighted by molar-refractivity contribution is -0.139. The molecule has 0 amide bonds. The molecule has 2 rings (SSSR count). The number of aryl methyl sites for hydroxylation is 2. The van der Waals surface area contributed by atoms with Gasteiger partial charge in [-0.25, -0.2) is 23.1 Å². The van der Waals surface area contributed by atoms with Gasteiger partial charge in [0.1, 0.15) is 11.9 Å². The van der Waals surface area contributed by atoms with Gasteiger partial charge in [0.15, 0.2) is 0 Å². The van der Waals surface area contributed by atoms with E-state index < -0.39 is 22.0 Å². The number of benzene rings is 1. The zero-order chi connectivity index (χ0) is 17.7. The zero-order valence-electron chi connectivity index (χ0n) is 13.4. The van der Waals surface area contributed by atoms with Gasteiger partial charge in [-0.05, 0) is 36.6 Å². The number of carboxylic acids is 1. The van der Waals surface area contributed by atoms with Crippen LogP contribution in [-0.2, 0) is 27.0 Å². The van der Waals surface area contributed by atoms with E-state index in [0.717, 1.165) is 11.1 Å². The van der Waals surface area contributed by atoms with Gasteiger partial charge in [-0.2, -0.15) is 0 Å². The largest absolute Gasteiger partial charge is 0.480 e. The summed E-state index contributed by atoms with van der Waals surface area (Å²) in [6, 6.07) is 5.78. The van der Waals surface area contributed by atoms with E-state index in [4.69, 9.17) is 0 Å². The topological polar surface area (TPSA) is 109 Å². The fraction of sp³-hybridized carbons (Fsp3) is 0.312. The van der Waals surface area contributed by atoms with Gasteiger partial charge < -0.3 is 5.11 Å². The SMILES string of the molecule is Cc1cccc(C)c1CS(=O)(=O)NC(Cc1ncccn1)C(=O)O. The Morgan fingerprint density at radius 2 is 1.75 bits per heavy atom. The maximum Gasteiger partial charge on any atom is 0.322 e.